The molecule has 0 radical (unpaired) electrons. The second-order valence-electron chi connectivity index (χ2n) is 4.24. The van der Waals surface area contributed by atoms with E-state index >= 15 is 0 Å². The molecule has 0 bridgehead atoms. The Bertz CT molecular complexity index is 605. The van der Waals surface area contributed by atoms with Gasteiger partial charge in [0.25, 0.3) is 0 Å². The van der Waals surface area contributed by atoms with Gasteiger partial charge in [0.15, 0.2) is 6.04 Å². The van der Waals surface area contributed by atoms with Crippen molar-refractivity contribution in [3.8, 4) is 0 Å². The number of benzene rings is 1. The van der Waals surface area contributed by atoms with Gasteiger partial charge in [-0.25, -0.2) is 0 Å². The normalized spacial score (nSPS) is 20.1. The Morgan fingerprint density at radius 1 is 1.39 bits per heavy atom. The van der Waals surface area contributed by atoms with Crippen molar-refractivity contribution < 1.29 is 13.2 Å². The predicted octanol–water partition coefficient (Wildman–Crippen LogP) is 3.01. The molecular weight excluding hydrogens is 311 g/mol. The highest BCUT2D eigenvalue weighted by molar-refractivity contribution is 9.10. The fourth-order valence-electron chi connectivity index (χ4n) is 2.23. The summed E-state index contributed by atoms with van der Waals surface area (Å²) in [5, 5.41) is 7.65. The average molecular weight is 320 g/mol. The van der Waals surface area contributed by atoms with Gasteiger partial charge in [0, 0.05) is 22.9 Å². The maximum Gasteiger partial charge on any atom is 0.412 e. The van der Waals surface area contributed by atoms with Crippen LogP contribution in [0.25, 0.3) is 10.9 Å². The standard InChI is InChI=1S/C11H9BrF3N3/c12-6-1-2-7-8(3-6)17-18-9(7)4-16-5-10(18)11(13,14)15/h1-3,10,16H,4-5H2/t10-/m1/s1. The van der Waals surface area contributed by atoms with Crippen LogP contribution in [0.4, 0.5) is 13.2 Å². The van der Waals surface area contributed by atoms with Crippen LogP contribution < -0.4 is 5.32 Å². The van der Waals surface area contributed by atoms with E-state index in [9.17, 15) is 13.2 Å². The van der Waals surface area contributed by atoms with E-state index in [2.05, 4.69) is 26.3 Å². The number of hydrogen-bond acceptors (Lipinski definition) is 2. The number of halogens is 4. The zero-order chi connectivity index (χ0) is 12.9. The first-order valence-electron chi connectivity index (χ1n) is 5.41. The van der Waals surface area contributed by atoms with E-state index in [1.807, 2.05) is 6.07 Å². The van der Waals surface area contributed by atoms with Gasteiger partial charge in [-0.3, -0.25) is 4.68 Å². The molecule has 0 saturated carbocycles. The minimum Gasteiger partial charge on any atom is -0.309 e. The molecule has 1 aromatic carbocycles. The molecule has 0 fully saturated rings. The smallest absolute Gasteiger partial charge is 0.309 e. The van der Waals surface area contributed by atoms with Crippen molar-refractivity contribution in [3.05, 3.63) is 28.4 Å². The van der Waals surface area contributed by atoms with Gasteiger partial charge >= 0.3 is 6.18 Å². The molecule has 2 aromatic rings. The zero-order valence-corrected chi connectivity index (χ0v) is 10.7. The zero-order valence-electron chi connectivity index (χ0n) is 9.13. The summed E-state index contributed by atoms with van der Waals surface area (Å²) in [5.74, 6) is 0. The van der Waals surface area contributed by atoms with Crippen LogP contribution in [-0.2, 0) is 6.54 Å². The lowest BCUT2D eigenvalue weighted by atomic mass is 10.1. The van der Waals surface area contributed by atoms with Gasteiger partial charge in [-0.05, 0) is 18.2 Å². The number of rotatable bonds is 0. The van der Waals surface area contributed by atoms with Gasteiger partial charge in [0.1, 0.15) is 0 Å². The molecule has 1 atom stereocenters. The van der Waals surface area contributed by atoms with Crippen molar-refractivity contribution in [2.24, 2.45) is 0 Å². The summed E-state index contributed by atoms with van der Waals surface area (Å²) in [6.45, 7) is 0.274. The van der Waals surface area contributed by atoms with Crippen LogP contribution in [-0.4, -0.2) is 22.5 Å². The molecule has 0 spiro atoms. The lowest BCUT2D eigenvalue weighted by Gasteiger charge is -2.27. The van der Waals surface area contributed by atoms with Gasteiger partial charge in [-0.15, -0.1) is 0 Å². The fraction of sp³-hybridized carbons (Fsp3) is 0.364. The number of alkyl halides is 3. The van der Waals surface area contributed by atoms with E-state index in [0.29, 0.717) is 17.8 Å². The molecule has 2 heterocycles. The molecular formula is C11H9BrF3N3. The summed E-state index contributed by atoms with van der Waals surface area (Å²) in [5.41, 5.74) is 1.17. The van der Waals surface area contributed by atoms with Crippen LogP contribution in [0.15, 0.2) is 22.7 Å². The minimum absolute atomic E-state index is 0.133. The Labute approximate surface area is 109 Å². The van der Waals surface area contributed by atoms with Gasteiger partial charge < -0.3 is 5.32 Å². The molecule has 96 valence electrons. The van der Waals surface area contributed by atoms with Crippen LogP contribution in [0.3, 0.4) is 0 Å². The molecule has 7 heteroatoms. The third kappa shape index (κ3) is 1.81. The summed E-state index contributed by atoms with van der Waals surface area (Å²) in [4.78, 5) is 0. The Balaban J connectivity index is 2.21. The van der Waals surface area contributed by atoms with Gasteiger partial charge in [0.05, 0.1) is 11.2 Å². The van der Waals surface area contributed by atoms with Crippen LogP contribution in [0.5, 0.6) is 0 Å². The molecule has 1 aromatic heterocycles. The number of nitrogens with zero attached hydrogens (tertiary/aromatic N) is 2. The Kier molecular flexibility index (Phi) is 2.63. The lowest BCUT2D eigenvalue weighted by molar-refractivity contribution is -0.171. The first-order chi connectivity index (χ1) is 8.47. The van der Waals surface area contributed by atoms with Crippen molar-refractivity contribution >= 4 is 26.8 Å². The molecule has 18 heavy (non-hydrogen) atoms. The molecule has 0 amide bonds. The summed E-state index contributed by atoms with van der Waals surface area (Å²) in [6.07, 6.45) is -4.29. The molecule has 0 unspecified atom stereocenters. The van der Waals surface area contributed by atoms with Crippen LogP contribution in [0.2, 0.25) is 0 Å². The summed E-state index contributed by atoms with van der Waals surface area (Å²) in [7, 11) is 0. The first-order valence-corrected chi connectivity index (χ1v) is 6.20. The number of aromatic nitrogens is 2. The van der Waals surface area contributed by atoms with Crippen molar-refractivity contribution in [3.63, 3.8) is 0 Å². The third-order valence-electron chi connectivity index (χ3n) is 3.07. The highest BCUT2D eigenvalue weighted by Crippen LogP contribution is 2.35. The topological polar surface area (TPSA) is 29.9 Å². The average Bonchev–Trinajstić information content (AvgIpc) is 2.64. The SMILES string of the molecule is FC(F)(F)[C@H]1CNCc2c3ccc(Br)cc3nn21. The molecule has 1 N–H and O–H groups in total. The van der Waals surface area contributed by atoms with Crippen molar-refractivity contribution in [2.75, 3.05) is 6.54 Å². The van der Waals surface area contributed by atoms with E-state index in [1.54, 1.807) is 12.1 Å². The molecule has 1 aliphatic heterocycles. The molecule has 1 aliphatic rings. The van der Waals surface area contributed by atoms with Crippen LogP contribution in [0.1, 0.15) is 11.7 Å². The summed E-state index contributed by atoms with van der Waals surface area (Å²) >= 11 is 3.29. The Morgan fingerprint density at radius 2 is 2.17 bits per heavy atom. The summed E-state index contributed by atoms with van der Waals surface area (Å²) < 4.78 is 40.7. The Hall–Kier alpha value is -1.08. The van der Waals surface area contributed by atoms with E-state index in [-0.39, 0.29) is 6.54 Å². The highest BCUT2D eigenvalue weighted by atomic mass is 79.9. The second kappa shape index (κ2) is 3.96. The molecule has 3 rings (SSSR count). The maximum atomic E-state index is 12.9. The predicted molar refractivity (Wildman–Crippen MR) is 64.2 cm³/mol. The minimum atomic E-state index is -4.29. The van der Waals surface area contributed by atoms with E-state index in [1.165, 1.54) is 0 Å². The third-order valence-corrected chi connectivity index (χ3v) is 3.56. The van der Waals surface area contributed by atoms with Gasteiger partial charge in [0.2, 0.25) is 0 Å². The number of hydrogen-bond donors (Lipinski definition) is 1. The summed E-state index contributed by atoms with van der Waals surface area (Å²) in [6, 6.07) is 3.74. The second-order valence-corrected chi connectivity index (χ2v) is 5.16. The van der Waals surface area contributed by atoms with E-state index < -0.39 is 12.2 Å². The van der Waals surface area contributed by atoms with Crippen LogP contribution in [0, 0.1) is 0 Å². The quantitative estimate of drug-likeness (QED) is 0.809. The van der Waals surface area contributed by atoms with Crippen LogP contribution >= 0.6 is 15.9 Å². The van der Waals surface area contributed by atoms with Gasteiger partial charge in [-0.1, -0.05) is 15.9 Å². The molecule has 3 nitrogen and oxygen atoms in total. The Morgan fingerprint density at radius 3 is 2.89 bits per heavy atom. The van der Waals surface area contributed by atoms with Gasteiger partial charge in [-0.2, -0.15) is 18.3 Å². The van der Waals surface area contributed by atoms with Crippen molar-refractivity contribution in [1.82, 2.24) is 15.1 Å². The van der Waals surface area contributed by atoms with Crippen molar-refractivity contribution in [2.45, 2.75) is 18.8 Å². The lowest BCUT2D eigenvalue weighted by Crippen LogP contribution is -2.41. The maximum absolute atomic E-state index is 12.9. The number of fused-ring (bicyclic) bond motifs is 3. The monoisotopic (exact) mass is 319 g/mol. The number of nitrogens with one attached hydrogen (secondary N) is 1. The van der Waals surface area contributed by atoms with Crippen molar-refractivity contribution in [1.29, 1.82) is 0 Å². The molecule has 0 saturated heterocycles. The largest absolute Gasteiger partial charge is 0.412 e. The van der Waals surface area contributed by atoms with E-state index in [0.717, 1.165) is 14.5 Å². The fourth-order valence-corrected chi connectivity index (χ4v) is 2.58. The first kappa shape index (κ1) is 12.0. The van der Waals surface area contributed by atoms with E-state index in [4.69, 9.17) is 0 Å². The molecule has 0 aliphatic carbocycles. The highest BCUT2D eigenvalue weighted by Gasteiger charge is 2.44.